The average Bonchev–Trinajstić information content (AvgIpc) is 2.78. The van der Waals surface area contributed by atoms with Crippen molar-refractivity contribution >= 4 is 44.7 Å². The molecule has 4 nitrogen and oxygen atoms in total. The van der Waals surface area contributed by atoms with E-state index in [9.17, 15) is 4.79 Å². The van der Waals surface area contributed by atoms with Gasteiger partial charge in [-0.05, 0) is 66.1 Å². The summed E-state index contributed by atoms with van der Waals surface area (Å²) in [5.41, 5.74) is 11.8. The summed E-state index contributed by atoms with van der Waals surface area (Å²) in [5, 5.41) is 3.55. The van der Waals surface area contributed by atoms with Crippen molar-refractivity contribution in [3.05, 3.63) is 89.5 Å². The van der Waals surface area contributed by atoms with Gasteiger partial charge in [0.2, 0.25) is 0 Å². The largest absolute Gasteiger partial charge is 0.376 e. The first kappa shape index (κ1) is 23.1. The van der Waals surface area contributed by atoms with E-state index in [1.165, 1.54) is 11.1 Å². The Kier molecular flexibility index (Phi) is 8.35. The first-order chi connectivity index (χ1) is 14.9. The van der Waals surface area contributed by atoms with Gasteiger partial charge < -0.3 is 16.0 Å². The fourth-order valence-corrected chi connectivity index (χ4v) is 3.80. The zero-order valence-electron chi connectivity index (χ0n) is 17.5. The molecule has 0 heterocycles. The van der Waals surface area contributed by atoms with Crippen molar-refractivity contribution in [2.75, 3.05) is 24.2 Å². The standard InChI is InChI=1S/C25H26BrN3OS/c1-29(14-13-18-7-11-23(12-8-18)28-25(27)31)17-19-5-9-20(10-6-19)21-3-2-4-22(15-21)24(30)16-26/h2-12,15H,13-14,16-17H2,1H3,(H3,27,28,31). The molecule has 0 saturated heterocycles. The van der Waals surface area contributed by atoms with Gasteiger partial charge in [-0.1, -0.05) is 70.5 Å². The number of alkyl halides is 1. The van der Waals surface area contributed by atoms with Crippen molar-refractivity contribution in [1.82, 2.24) is 4.90 Å². The van der Waals surface area contributed by atoms with Crippen LogP contribution in [0.5, 0.6) is 0 Å². The van der Waals surface area contributed by atoms with Crippen LogP contribution in [-0.4, -0.2) is 34.7 Å². The smallest absolute Gasteiger partial charge is 0.173 e. The highest BCUT2D eigenvalue weighted by atomic mass is 79.9. The van der Waals surface area contributed by atoms with Crippen molar-refractivity contribution in [3.8, 4) is 11.1 Å². The van der Waals surface area contributed by atoms with E-state index in [4.69, 9.17) is 18.0 Å². The maximum absolute atomic E-state index is 11.9. The molecule has 0 bridgehead atoms. The zero-order chi connectivity index (χ0) is 22.2. The first-order valence-electron chi connectivity index (χ1n) is 10.1. The summed E-state index contributed by atoms with van der Waals surface area (Å²) in [5.74, 6) is 0.0915. The molecule has 0 unspecified atom stereocenters. The highest BCUT2D eigenvalue weighted by molar-refractivity contribution is 9.09. The number of halogens is 1. The number of Topliss-reactive ketones (excluding diaryl/α,β-unsaturated/α-hetero) is 1. The molecule has 0 saturated carbocycles. The number of carbonyl (C=O) groups is 1. The zero-order valence-corrected chi connectivity index (χ0v) is 19.9. The number of carbonyl (C=O) groups excluding carboxylic acids is 1. The Labute approximate surface area is 197 Å². The number of nitrogens with two attached hydrogens (primary N) is 1. The molecule has 0 aliphatic heterocycles. The van der Waals surface area contributed by atoms with Gasteiger partial charge in [0.05, 0.1) is 5.33 Å². The van der Waals surface area contributed by atoms with Gasteiger partial charge in [0.15, 0.2) is 10.9 Å². The summed E-state index contributed by atoms with van der Waals surface area (Å²) in [6.45, 7) is 1.84. The van der Waals surface area contributed by atoms with Crippen LogP contribution < -0.4 is 11.1 Å². The van der Waals surface area contributed by atoms with E-state index < -0.39 is 0 Å². The van der Waals surface area contributed by atoms with Crippen LogP contribution >= 0.6 is 28.1 Å². The van der Waals surface area contributed by atoms with E-state index in [1.54, 1.807) is 0 Å². The Morgan fingerprint density at radius 2 is 1.68 bits per heavy atom. The molecule has 3 rings (SSSR count). The molecule has 0 spiro atoms. The minimum Gasteiger partial charge on any atom is -0.376 e. The second kappa shape index (κ2) is 11.2. The SMILES string of the molecule is CN(CCc1ccc(NC(N)=S)cc1)Cc1ccc(-c2cccc(C(=O)CBr)c2)cc1. The minimum absolute atomic E-state index is 0.0915. The summed E-state index contributed by atoms with van der Waals surface area (Å²) in [4.78, 5) is 14.2. The van der Waals surface area contributed by atoms with Crippen molar-refractivity contribution < 1.29 is 4.79 Å². The Bertz CT molecular complexity index is 1040. The highest BCUT2D eigenvalue weighted by Gasteiger charge is 2.07. The normalized spacial score (nSPS) is 10.8. The molecule has 0 aromatic heterocycles. The van der Waals surface area contributed by atoms with E-state index in [0.717, 1.165) is 41.9 Å². The van der Waals surface area contributed by atoms with Gasteiger partial charge in [-0.3, -0.25) is 4.79 Å². The number of rotatable bonds is 9. The number of benzene rings is 3. The van der Waals surface area contributed by atoms with Gasteiger partial charge in [0, 0.05) is 24.3 Å². The molecule has 6 heteroatoms. The monoisotopic (exact) mass is 495 g/mol. The van der Waals surface area contributed by atoms with Gasteiger partial charge in [0.25, 0.3) is 0 Å². The molecule has 31 heavy (non-hydrogen) atoms. The van der Waals surface area contributed by atoms with Crippen LogP contribution in [0.25, 0.3) is 11.1 Å². The summed E-state index contributed by atoms with van der Waals surface area (Å²) in [6.07, 6.45) is 0.969. The lowest BCUT2D eigenvalue weighted by atomic mass is 10.0. The molecule has 3 aromatic carbocycles. The van der Waals surface area contributed by atoms with Crippen LogP contribution in [0.3, 0.4) is 0 Å². The molecular weight excluding hydrogens is 470 g/mol. The molecular formula is C25H26BrN3OS. The number of anilines is 1. The lowest BCUT2D eigenvalue weighted by Crippen LogP contribution is -2.21. The third-order valence-electron chi connectivity index (χ3n) is 5.05. The van der Waals surface area contributed by atoms with E-state index in [1.807, 2.05) is 36.4 Å². The molecule has 0 radical (unpaired) electrons. The lowest BCUT2D eigenvalue weighted by molar-refractivity contribution is 0.102. The Balaban J connectivity index is 1.55. The van der Waals surface area contributed by atoms with Crippen LogP contribution in [0.4, 0.5) is 5.69 Å². The third kappa shape index (κ3) is 6.99. The quantitative estimate of drug-likeness (QED) is 0.241. The van der Waals surface area contributed by atoms with Crippen LogP contribution in [-0.2, 0) is 13.0 Å². The number of nitrogens with zero attached hydrogens (tertiary/aromatic N) is 1. The molecule has 160 valence electrons. The third-order valence-corrected chi connectivity index (χ3v) is 5.66. The van der Waals surface area contributed by atoms with Gasteiger partial charge in [-0.2, -0.15) is 0 Å². The molecule has 0 amide bonds. The maximum atomic E-state index is 11.9. The van der Waals surface area contributed by atoms with E-state index >= 15 is 0 Å². The van der Waals surface area contributed by atoms with Gasteiger partial charge >= 0.3 is 0 Å². The van der Waals surface area contributed by atoms with E-state index in [2.05, 4.69) is 69.6 Å². The minimum atomic E-state index is 0.0915. The average molecular weight is 496 g/mol. The van der Waals surface area contributed by atoms with Gasteiger partial charge in [-0.25, -0.2) is 0 Å². The summed E-state index contributed by atoms with van der Waals surface area (Å²) in [7, 11) is 2.13. The Hall–Kier alpha value is -2.54. The maximum Gasteiger partial charge on any atom is 0.173 e. The summed E-state index contributed by atoms with van der Waals surface area (Å²) >= 11 is 8.10. The van der Waals surface area contributed by atoms with Gasteiger partial charge in [0.1, 0.15) is 0 Å². The van der Waals surface area contributed by atoms with Crippen molar-refractivity contribution in [3.63, 3.8) is 0 Å². The Morgan fingerprint density at radius 3 is 2.32 bits per heavy atom. The second-order valence-corrected chi connectivity index (χ2v) is 8.51. The van der Waals surface area contributed by atoms with Crippen LogP contribution in [0, 0.1) is 0 Å². The number of nitrogens with one attached hydrogen (secondary N) is 1. The first-order valence-corrected chi connectivity index (χ1v) is 11.6. The number of thiocarbonyl (C=S) groups is 1. The fourth-order valence-electron chi connectivity index (χ4n) is 3.36. The number of hydrogen-bond donors (Lipinski definition) is 2. The van der Waals surface area contributed by atoms with Crippen molar-refractivity contribution in [2.45, 2.75) is 13.0 Å². The lowest BCUT2D eigenvalue weighted by Gasteiger charge is -2.17. The number of ketones is 1. The van der Waals surface area contributed by atoms with Crippen LogP contribution in [0.2, 0.25) is 0 Å². The topological polar surface area (TPSA) is 58.4 Å². The van der Waals surface area contributed by atoms with Crippen molar-refractivity contribution in [2.24, 2.45) is 5.73 Å². The predicted octanol–water partition coefficient (Wildman–Crippen LogP) is 5.26. The number of hydrogen-bond acceptors (Lipinski definition) is 3. The molecule has 3 N–H and O–H groups in total. The summed E-state index contributed by atoms with van der Waals surface area (Å²) < 4.78 is 0. The van der Waals surface area contributed by atoms with E-state index in [0.29, 0.717) is 5.33 Å². The fraction of sp³-hybridized carbons (Fsp3) is 0.200. The molecule has 0 fully saturated rings. The second-order valence-electron chi connectivity index (χ2n) is 7.51. The molecule has 0 atom stereocenters. The van der Waals surface area contributed by atoms with Crippen molar-refractivity contribution in [1.29, 1.82) is 0 Å². The molecule has 0 aliphatic carbocycles. The van der Waals surface area contributed by atoms with Gasteiger partial charge in [-0.15, -0.1) is 0 Å². The summed E-state index contributed by atoms with van der Waals surface area (Å²) in [6, 6.07) is 24.5. The van der Waals surface area contributed by atoms with Crippen LogP contribution in [0.1, 0.15) is 21.5 Å². The molecule has 0 aliphatic rings. The predicted molar refractivity (Wildman–Crippen MR) is 137 cm³/mol. The highest BCUT2D eigenvalue weighted by Crippen LogP contribution is 2.22. The Morgan fingerprint density at radius 1 is 1.00 bits per heavy atom. The van der Waals surface area contributed by atoms with E-state index in [-0.39, 0.29) is 10.9 Å². The number of likely N-dealkylation sites (N-methyl/N-ethyl adjacent to an activating group) is 1. The molecule has 3 aromatic rings. The van der Waals surface area contributed by atoms with Crippen LogP contribution in [0.15, 0.2) is 72.8 Å².